The number of thioether (sulfide) groups is 1. The highest BCUT2D eigenvalue weighted by molar-refractivity contribution is 8.00. The molecule has 2 rings (SSSR count). The van der Waals surface area contributed by atoms with Crippen molar-refractivity contribution in [2.45, 2.75) is 94.3 Å². The van der Waals surface area contributed by atoms with Crippen molar-refractivity contribution in [3.8, 4) is 0 Å². The molecule has 1 nitrogen and oxygen atoms in total. The van der Waals surface area contributed by atoms with Crippen molar-refractivity contribution in [3.63, 3.8) is 0 Å². The Kier molecular flexibility index (Phi) is 5.34. The zero-order chi connectivity index (χ0) is 16.5. The molecule has 124 valence electrons. The maximum atomic E-state index is 10.3. The zero-order valence-corrected chi connectivity index (χ0v) is 15.9. The number of hydrogen-bond donors (Lipinski definition) is 1. The van der Waals surface area contributed by atoms with E-state index in [-0.39, 0.29) is 16.9 Å². The van der Waals surface area contributed by atoms with Crippen molar-refractivity contribution in [1.29, 1.82) is 0 Å². The van der Waals surface area contributed by atoms with E-state index in [1.807, 2.05) is 11.8 Å². The highest BCUT2D eigenvalue weighted by Crippen LogP contribution is 2.38. The third-order valence-corrected chi connectivity index (χ3v) is 5.95. The summed E-state index contributed by atoms with van der Waals surface area (Å²) in [7, 11) is 0. The lowest BCUT2D eigenvalue weighted by atomic mass is 9.81. The summed E-state index contributed by atoms with van der Waals surface area (Å²) in [5, 5.41) is 10.6. The van der Waals surface area contributed by atoms with Crippen LogP contribution < -0.4 is 0 Å². The monoisotopic (exact) mass is 320 g/mol. The molecule has 2 atom stereocenters. The Labute approximate surface area is 140 Å². The van der Waals surface area contributed by atoms with E-state index < -0.39 is 0 Å². The van der Waals surface area contributed by atoms with Gasteiger partial charge in [0.25, 0.3) is 0 Å². The van der Waals surface area contributed by atoms with Crippen LogP contribution in [0.2, 0.25) is 0 Å². The van der Waals surface area contributed by atoms with Crippen LogP contribution in [0.25, 0.3) is 0 Å². The molecule has 22 heavy (non-hydrogen) atoms. The number of hydrogen-bond acceptors (Lipinski definition) is 2. The summed E-state index contributed by atoms with van der Waals surface area (Å²) in [6.45, 7) is 13.7. The Balaban J connectivity index is 2.33. The number of benzene rings is 1. The Morgan fingerprint density at radius 3 is 1.82 bits per heavy atom. The molecule has 1 aromatic carbocycles. The zero-order valence-electron chi connectivity index (χ0n) is 15.1. The normalized spacial score (nSPS) is 23.6. The highest BCUT2D eigenvalue weighted by Gasteiger charge is 2.26. The van der Waals surface area contributed by atoms with E-state index >= 15 is 0 Å². The molecule has 1 saturated carbocycles. The molecule has 0 bridgehead atoms. The van der Waals surface area contributed by atoms with Gasteiger partial charge in [0, 0.05) is 10.1 Å². The van der Waals surface area contributed by atoms with Gasteiger partial charge in [-0.1, -0.05) is 60.5 Å². The third kappa shape index (κ3) is 4.52. The molecule has 0 unspecified atom stereocenters. The molecule has 0 aliphatic heterocycles. The first-order valence-electron chi connectivity index (χ1n) is 8.58. The summed E-state index contributed by atoms with van der Waals surface area (Å²) in [6.07, 6.45) is 4.38. The number of aliphatic hydroxyl groups excluding tert-OH is 1. The smallest absolute Gasteiger partial charge is 0.0662 e. The lowest BCUT2D eigenvalue weighted by molar-refractivity contribution is 0.137. The van der Waals surface area contributed by atoms with Crippen molar-refractivity contribution in [3.05, 3.63) is 29.3 Å². The Bertz CT molecular complexity index is 475. The molecule has 1 aliphatic rings. The maximum absolute atomic E-state index is 10.3. The highest BCUT2D eigenvalue weighted by atomic mass is 32.2. The van der Waals surface area contributed by atoms with E-state index in [0.717, 1.165) is 12.8 Å². The molecular formula is C20H32OS. The van der Waals surface area contributed by atoms with Gasteiger partial charge in [-0.3, -0.25) is 0 Å². The molecule has 0 spiro atoms. The van der Waals surface area contributed by atoms with Crippen molar-refractivity contribution in [1.82, 2.24) is 0 Å². The SMILES string of the molecule is CC(C)(C)c1cc(S[C@H]2CCCC[C@H]2O)cc(C(C)(C)C)c1. The summed E-state index contributed by atoms with van der Waals surface area (Å²) in [6, 6.07) is 7.03. The van der Waals surface area contributed by atoms with Crippen LogP contribution in [0, 0.1) is 0 Å². The van der Waals surface area contributed by atoms with Crippen LogP contribution in [-0.4, -0.2) is 16.5 Å². The standard InChI is InChI=1S/C20H32OS/c1-19(2,3)14-11-15(20(4,5)6)13-16(12-14)22-18-10-8-7-9-17(18)21/h11-13,17-18,21H,7-10H2,1-6H3/t17-,18+/m1/s1. The summed E-state index contributed by atoms with van der Waals surface area (Å²) in [5.74, 6) is 0. The van der Waals surface area contributed by atoms with Crippen molar-refractivity contribution in [2.75, 3.05) is 0 Å². The quantitative estimate of drug-likeness (QED) is 0.756. The van der Waals surface area contributed by atoms with Crippen molar-refractivity contribution in [2.24, 2.45) is 0 Å². The van der Waals surface area contributed by atoms with Gasteiger partial charge in [-0.25, -0.2) is 0 Å². The first kappa shape index (κ1) is 17.9. The van der Waals surface area contributed by atoms with Crippen LogP contribution in [0.1, 0.15) is 78.4 Å². The summed E-state index contributed by atoms with van der Waals surface area (Å²) >= 11 is 1.88. The van der Waals surface area contributed by atoms with Crippen LogP contribution in [0.15, 0.2) is 23.1 Å². The Hall–Kier alpha value is -0.470. The van der Waals surface area contributed by atoms with Crippen molar-refractivity contribution >= 4 is 11.8 Å². The molecule has 0 radical (unpaired) electrons. The average molecular weight is 321 g/mol. The van der Waals surface area contributed by atoms with Gasteiger partial charge in [0.1, 0.15) is 0 Å². The minimum atomic E-state index is -0.143. The van der Waals surface area contributed by atoms with Crippen LogP contribution in [0.4, 0.5) is 0 Å². The predicted molar refractivity (Wildman–Crippen MR) is 98.0 cm³/mol. The van der Waals surface area contributed by atoms with E-state index in [4.69, 9.17) is 0 Å². The molecule has 2 heteroatoms. The van der Waals surface area contributed by atoms with E-state index in [1.54, 1.807) is 0 Å². The van der Waals surface area contributed by atoms with Gasteiger partial charge in [0.05, 0.1) is 6.10 Å². The molecule has 0 amide bonds. The summed E-state index contributed by atoms with van der Waals surface area (Å²) in [4.78, 5) is 1.32. The molecular weight excluding hydrogens is 288 g/mol. The molecule has 1 fully saturated rings. The lowest BCUT2D eigenvalue weighted by Gasteiger charge is -2.29. The predicted octanol–water partition coefficient (Wildman–Crippen LogP) is 5.68. The van der Waals surface area contributed by atoms with Gasteiger partial charge >= 0.3 is 0 Å². The molecule has 0 aromatic heterocycles. The van der Waals surface area contributed by atoms with Crippen LogP contribution >= 0.6 is 11.8 Å². The number of rotatable bonds is 2. The van der Waals surface area contributed by atoms with Gasteiger partial charge in [0.2, 0.25) is 0 Å². The molecule has 1 aliphatic carbocycles. The fourth-order valence-corrected chi connectivity index (χ4v) is 4.24. The van der Waals surface area contributed by atoms with E-state index in [0.29, 0.717) is 5.25 Å². The minimum absolute atomic E-state index is 0.143. The minimum Gasteiger partial charge on any atom is -0.392 e. The van der Waals surface area contributed by atoms with Gasteiger partial charge in [-0.05, 0) is 46.9 Å². The third-order valence-electron chi connectivity index (χ3n) is 4.59. The van der Waals surface area contributed by atoms with Crippen LogP contribution in [0.5, 0.6) is 0 Å². The maximum Gasteiger partial charge on any atom is 0.0662 e. The second-order valence-electron chi connectivity index (χ2n) is 8.75. The van der Waals surface area contributed by atoms with Crippen LogP contribution in [0.3, 0.4) is 0 Å². The van der Waals surface area contributed by atoms with Crippen molar-refractivity contribution < 1.29 is 5.11 Å². The topological polar surface area (TPSA) is 20.2 Å². The van der Waals surface area contributed by atoms with Gasteiger partial charge < -0.3 is 5.11 Å². The average Bonchev–Trinajstić information content (AvgIpc) is 2.39. The molecule has 0 saturated heterocycles. The fourth-order valence-electron chi connectivity index (χ4n) is 2.92. The fraction of sp³-hybridized carbons (Fsp3) is 0.700. The first-order chi connectivity index (χ1) is 10.1. The van der Waals surface area contributed by atoms with Crippen LogP contribution in [-0.2, 0) is 10.8 Å². The Morgan fingerprint density at radius 1 is 0.864 bits per heavy atom. The second-order valence-corrected chi connectivity index (χ2v) is 10.1. The van der Waals surface area contributed by atoms with Gasteiger partial charge in [-0.15, -0.1) is 11.8 Å². The molecule has 1 N–H and O–H groups in total. The number of aliphatic hydroxyl groups is 1. The summed E-state index contributed by atoms with van der Waals surface area (Å²) in [5.41, 5.74) is 3.10. The molecule has 0 heterocycles. The van der Waals surface area contributed by atoms with E-state index in [1.165, 1.54) is 28.9 Å². The first-order valence-corrected chi connectivity index (χ1v) is 9.46. The summed E-state index contributed by atoms with van der Waals surface area (Å²) < 4.78 is 0. The van der Waals surface area contributed by atoms with Gasteiger partial charge in [-0.2, -0.15) is 0 Å². The largest absolute Gasteiger partial charge is 0.392 e. The van der Waals surface area contributed by atoms with E-state index in [9.17, 15) is 5.11 Å². The molecule has 1 aromatic rings. The lowest BCUT2D eigenvalue weighted by Crippen LogP contribution is -2.26. The second kappa shape index (κ2) is 6.57. The van der Waals surface area contributed by atoms with Gasteiger partial charge in [0.15, 0.2) is 0 Å². The van der Waals surface area contributed by atoms with E-state index in [2.05, 4.69) is 59.7 Å². The Morgan fingerprint density at radius 2 is 1.36 bits per heavy atom.